The van der Waals surface area contributed by atoms with Crippen LogP contribution in [0.25, 0.3) is 10.9 Å². The summed E-state index contributed by atoms with van der Waals surface area (Å²) in [6, 6.07) is 9.13. The summed E-state index contributed by atoms with van der Waals surface area (Å²) in [5.41, 5.74) is 3.33. The van der Waals surface area contributed by atoms with Gasteiger partial charge in [0.2, 0.25) is 5.91 Å². The SMILES string of the molecule is CN1CCC2(CC1)CC2COc1cc2ncnc(Nc3ccc(F)c(C4CCCCC4)c3)c2cc1NC(=O)/C=C/CC1CC2CCC1C2. The first-order chi connectivity index (χ1) is 23.4. The molecule has 254 valence electrons. The third-order valence-corrected chi connectivity index (χ3v) is 12.7. The van der Waals surface area contributed by atoms with Gasteiger partial charge in [-0.05, 0) is 149 Å². The van der Waals surface area contributed by atoms with Gasteiger partial charge in [-0.1, -0.05) is 31.8 Å². The largest absolute Gasteiger partial charge is 0.491 e. The lowest BCUT2D eigenvalue weighted by Crippen LogP contribution is -2.32. The Morgan fingerprint density at radius 1 is 1.06 bits per heavy atom. The number of aromatic nitrogens is 2. The standard InChI is InChI=1S/C40H50FN5O2/c1-46-16-14-40(15-17-46)23-30(40)24-48-37-22-35-33(21-36(37)45-38(47)9-5-8-28-18-26-10-11-29(28)19-26)39(43-25-42-35)44-31-12-13-34(41)32(20-31)27-6-3-2-4-7-27/h5,9,12-13,20-22,25-30H,2-4,6-8,10-11,14-19,23-24H2,1H3,(H,45,47)(H,42,43,44)/b9-5+. The fourth-order valence-corrected chi connectivity index (χ4v) is 9.61. The van der Waals surface area contributed by atoms with Crippen LogP contribution in [0.3, 0.4) is 0 Å². The Morgan fingerprint density at radius 3 is 2.71 bits per heavy atom. The van der Waals surface area contributed by atoms with Crippen LogP contribution < -0.4 is 15.4 Å². The number of anilines is 3. The van der Waals surface area contributed by atoms with Crippen LogP contribution >= 0.6 is 0 Å². The van der Waals surface area contributed by atoms with Gasteiger partial charge in [-0.15, -0.1) is 0 Å². The molecule has 4 atom stereocenters. The second-order valence-corrected chi connectivity index (χ2v) is 15.7. The van der Waals surface area contributed by atoms with E-state index in [1.807, 2.05) is 18.2 Å². The van der Waals surface area contributed by atoms with Crippen LogP contribution in [0.4, 0.5) is 21.6 Å². The number of likely N-dealkylation sites (tertiary alicyclic amines) is 1. The van der Waals surface area contributed by atoms with Crippen molar-refractivity contribution in [3.63, 3.8) is 0 Å². The van der Waals surface area contributed by atoms with Crippen LogP contribution in [0.2, 0.25) is 0 Å². The third-order valence-electron chi connectivity index (χ3n) is 12.7. The molecule has 1 aliphatic heterocycles. The zero-order valence-corrected chi connectivity index (χ0v) is 28.4. The van der Waals surface area contributed by atoms with Crippen LogP contribution in [-0.2, 0) is 4.79 Å². The van der Waals surface area contributed by atoms with Crippen molar-refractivity contribution in [1.29, 1.82) is 0 Å². The Kier molecular flexibility index (Phi) is 8.87. The van der Waals surface area contributed by atoms with Crippen LogP contribution in [-0.4, -0.2) is 47.5 Å². The van der Waals surface area contributed by atoms with Gasteiger partial charge in [0.1, 0.15) is 23.7 Å². The highest BCUT2D eigenvalue weighted by Crippen LogP contribution is 2.59. The van der Waals surface area contributed by atoms with Crippen molar-refractivity contribution >= 4 is 34.0 Å². The van der Waals surface area contributed by atoms with Crippen molar-refractivity contribution < 1.29 is 13.9 Å². The Labute approximate surface area is 284 Å². The maximum absolute atomic E-state index is 14.9. The molecule has 48 heavy (non-hydrogen) atoms. The van der Waals surface area contributed by atoms with E-state index in [9.17, 15) is 9.18 Å². The molecule has 1 amide bonds. The maximum atomic E-state index is 14.9. The molecule has 5 fully saturated rings. The lowest BCUT2D eigenvalue weighted by atomic mass is 9.84. The summed E-state index contributed by atoms with van der Waals surface area (Å²) < 4.78 is 21.5. The van der Waals surface area contributed by atoms with E-state index in [-0.39, 0.29) is 17.6 Å². The van der Waals surface area contributed by atoms with Crippen molar-refractivity contribution in [3.05, 3.63) is 60.2 Å². The van der Waals surface area contributed by atoms with E-state index in [4.69, 9.17) is 4.74 Å². The number of hydrogen-bond acceptors (Lipinski definition) is 6. The summed E-state index contributed by atoms with van der Waals surface area (Å²) in [6.45, 7) is 2.92. The van der Waals surface area contributed by atoms with Gasteiger partial charge < -0.3 is 20.3 Å². The highest BCUT2D eigenvalue weighted by molar-refractivity contribution is 6.03. The predicted molar refractivity (Wildman–Crippen MR) is 189 cm³/mol. The monoisotopic (exact) mass is 651 g/mol. The van der Waals surface area contributed by atoms with Gasteiger partial charge in [-0.3, -0.25) is 4.79 Å². The molecular weight excluding hydrogens is 601 g/mol. The van der Waals surface area contributed by atoms with E-state index < -0.39 is 0 Å². The zero-order chi connectivity index (χ0) is 32.7. The molecule has 2 N–H and O–H groups in total. The molecule has 3 aromatic rings. The first-order valence-corrected chi connectivity index (χ1v) is 18.6. The van der Waals surface area contributed by atoms with Crippen molar-refractivity contribution in [2.75, 3.05) is 37.4 Å². The normalized spacial score (nSPS) is 26.8. The van der Waals surface area contributed by atoms with E-state index in [1.54, 1.807) is 24.5 Å². The van der Waals surface area contributed by atoms with E-state index in [0.717, 1.165) is 79.2 Å². The number of ether oxygens (including phenoxy) is 1. The van der Waals surface area contributed by atoms with Crippen LogP contribution in [0.1, 0.15) is 95.0 Å². The molecule has 1 aromatic heterocycles. The number of hydrogen-bond donors (Lipinski definition) is 2. The van der Waals surface area contributed by atoms with E-state index in [0.29, 0.717) is 41.1 Å². The van der Waals surface area contributed by atoms with Crippen LogP contribution in [0, 0.1) is 34.9 Å². The minimum Gasteiger partial charge on any atom is -0.491 e. The molecular formula is C40H50FN5O2. The molecule has 1 spiro atoms. The van der Waals surface area contributed by atoms with Gasteiger partial charge in [0, 0.05) is 17.1 Å². The second kappa shape index (κ2) is 13.4. The van der Waals surface area contributed by atoms with Gasteiger partial charge in [0.15, 0.2) is 0 Å². The molecule has 7 nitrogen and oxygen atoms in total. The minimum atomic E-state index is -0.150. The predicted octanol–water partition coefficient (Wildman–Crippen LogP) is 8.99. The number of piperidine rings is 1. The molecule has 2 bridgehead atoms. The molecule has 5 aliphatic rings. The Hall–Kier alpha value is -3.52. The number of halogens is 1. The number of rotatable bonds is 10. The van der Waals surface area contributed by atoms with Crippen molar-refractivity contribution in [1.82, 2.24) is 14.9 Å². The Morgan fingerprint density at radius 2 is 1.92 bits per heavy atom. The zero-order valence-electron chi connectivity index (χ0n) is 28.4. The maximum Gasteiger partial charge on any atom is 0.248 e. The second-order valence-electron chi connectivity index (χ2n) is 15.7. The fraction of sp³-hybridized carbons (Fsp3) is 0.575. The number of allylic oxidation sites excluding steroid dienone is 1. The number of amides is 1. The average molecular weight is 652 g/mol. The number of nitrogens with one attached hydrogen (secondary N) is 2. The average Bonchev–Trinajstić information content (AvgIpc) is 3.36. The Bertz CT molecular complexity index is 1680. The van der Waals surface area contributed by atoms with Gasteiger partial charge in [0.25, 0.3) is 0 Å². The summed E-state index contributed by atoms with van der Waals surface area (Å²) in [5.74, 6) is 4.20. The summed E-state index contributed by atoms with van der Waals surface area (Å²) in [7, 11) is 2.20. The van der Waals surface area contributed by atoms with Crippen molar-refractivity contribution in [2.45, 2.75) is 89.4 Å². The Balaban J connectivity index is 1.03. The van der Waals surface area contributed by atoms with Gasteiger partial charge in [-0.2, -0.15) is 0 Å². The molecule has 4 aliphatic carbocycles. The first kappa shape index (κ1) is 31.7. The summed E-state index contributed by atoms with van der Waals surface area (Å²) in [5, 5.41) is 7.36. The molecule has 8 heteroatoms. The van der Waals surface area contributed by atoms with Crippen molar-refractivity contribution in [3.8, 4) is 5.75 Å². The number of carbonyl (C=O) groups is 1. The van der Waals surface area contributed by atoms with E-state index in [1.165, 1.54) is 51.4 Å². The lowest BCUT2D eigenvalue weighted by molar-refractivity contribution is -0.111. The van der Waals surface area contributed by atoms with Crippen LogP contribution in [0.15, 0.2) is 48.8 Å². The van der Waals surface area contributed by atoms with Gasteiger partial charge in [0.05, 0.1) is 17.8 Å². The van der Waals surface area contributed by atoms with Gasteiger partial charge in [-0.25, -0.2) is 14.4 Å². The molecule has 4 saturated carbocycles. The van der Waals surface area contributed by atoms with E-state index >= 15 is 0 Å². The molecule has 0 radical (unpaired) electrons. The van der Waals surface area contributed by atoms with Gasteiger partial charge >= 0.3 is 0 Å². The first-order valence-electron chi connectivity index (χ1n) is 18.6. The van der Waals surface area contributed by atoms with Crippen LogP contribution in [0.5, 0.6) is 5.75 Å². The smallest absolute Gasteiger partial charge is 0.248 e. The molecule has 8 rings (SSSR count). The lowest BCUT2D eigenvalue weighted by Gasteiger charge is -2.30. The number of carbonyl (C=O) groups excluding carboxylic acids is 1. The summed E-state index contributed by atoms with van der Waals surface area (Å²) in [4.78, 5) is 24.9. The summed E-state index contributed by atoms with van der Waals surface area (Å²) in [6.07, 6.45) is 20.9. The highest BCUT2D eigenvalue weighted by atomic mass is 19.1. The fourth-order valence-electron chi connectivity index (χ4n) is 9.61. The molecule has 4 unspecified atom stereocenters. The number of nitrogens with zero attached hydrogens (tertiary/aromatic N) is 3. The third kappa shape index (κ3) is 6.70. The quantitative estimate of drug-likeness (QED) is 0.213. The van der Waals surface area contributed by atoms with E-state index in [2.05, 4.69) is 38.6 Å². The summed E-state index contributed by atoms with van der Waals surface area (Å²) >= 11 is 0. The topological polar surface area (TPSA) is 79.4 Å². The highest BCUT2D eigenvalue weighted by Gasteiger charge is 2.54. The number of benzene rings is 2. The molecule has 2 heterocycles. The molecule has 1 saturated heterocycles. The molecule has 2 aromatic carbocycles. The minimum absolute atomic E-state index is 0.141. The number of fused-ring (bicyclic) bond motifs is 3. The van der Waals surface area contributed by atoms with Crippen molar-refractivity contribution in [2.24, 2.45) is 29.1 Å².